The van der Waals surface area contributed by atoms with E-state index in [1.165, 1.54) is 0 Å². The van der Waals surface area contributed by atoms with Crippen molar-refractivity contribution < 1.29 is 4.79 Å². The van der Waals surface area contributed by atoms with E-state index in [0.717, 1.165) is 29.3 Å². The highest BCUT2D eigenvalue weighted by molar-refractivity contribution is 6.00. The summed E-state index contributed by atoms with van der Waals surface area (Å²) in [6, 6.07) is 5.58. The van der Waals surface area contributed by atoms with Gasteiger partial charge in [0.25, 0.3) is 5.91 Å². The molecule has 0 bridgehead atoms. The number of pyridine rings is 1. The van der Waals surface area contributed by atoms with Crippen LogP contribution in [0.15, 0.2) is 24.4 Å². The molecule has 0 saturated carbocycles. The number of hydrogen-bond donors (Lipinski definition) is 1. The van der Waals surface area contributed by atoms with E-state index in [-0.39, 0.29) is 11.9 Å². The number of nitrogens with one attached hydrogen (secondary N) is 1. The summed E-state index contributed by atoms with van der Waals surface area (Å²) < 4.78 is 1.76. The lowest BCUT2D eigenvalue weighted by atomic mass is 10.2. The van der Waals surface area contributed by atoms with Gasteiger partial charge in [-0.05, 0) is 32.4 Å². The molecule has 6 nitrogen and oxygen atoms in total. The summed E-state index contributed by atoms with van der Waals surface area (Å²) in [5.41, 5.74) is 2.79. The topological polar surface area (TPSA) is 63.1 Å². The first-order chi connectivity index (χ1) is 10.0. The van der Waals surface area contributed by atoms with Gasteiger partial charge >= 0.3 is 0 Å². The third-order valence-corrected chi connectivity index (χ3v) is 3.70. The van der Waals surface area contributed by atoms with Crippen molar-refractivity contribution in [3.8, 4) is 0 Å². The zero-order valence-corrected chi connectivity index (χ0v) is 12.5. The predicted octanol–water partition coefficient (Wildman–Crippen LogP) is 1.65. The SMILES string of the molecule is Cc1cc(NC2CCN(c3cc(C)nn3C)C2=O)ccn1. The van der Waals surface area contributed by atoms with Crippen molar-refractivity contribution >= 4 is 17.4 Å². The second-order valence-corrected chi connectivity index (χ2v) is 5.43. The molecule has 110 valence electrons. The molecule has 3 heterocycles. The Morgan fingerprint density at radius 1 is 1.29 bits per heavy atom. The van der Waals surface area contributed by atoms with Gasteiger partial charge in [-0.15, -0.1) is 0 Å². The van der Waals surface area contributed by atoms with Gasteiger partial charge in [0.1, 0.15) is 11.9 Å². The number of nitrogens with zero attached hydrogens (tertiary/aromatic N) is 4. The van der Waals surface area contributed by atoms with Crippen molar-refractivity contribution in [1.82, 2.24) is 14.8 Å². The maximum absolute atomic E-state index is 12.6. The Kier molecular flexibility index (Phi) is 3.37. The van der Waals surface area contributed by atoms with Gasteiger partial charge in [-0.1, -0.05) is 0 Å². The molecular formula is C15H19N5O. The van der Waals surface area contributed by atoms with Crippen molar-refractivity contribution in [3.05, 3.63) is 35.8 Å². The molecule has 1 unspecified atom stereocenters. The molecule has 0 spiro atoms. The van der Waals surface area contributed by atoms with Crippen molar-refractivity contribution in [3.63, 3.8) is 0 Å². The van der Waals surface area contributed by atoms with Crippen LogP contribution in [0.25, 0.3) is 0 Å². The molecule has 0 aliphatic carbocycles. The van der Waals surface area contributed by atoms with Crippen LogP contribution in [0, 0.1) is 13.8 Å². The third-order valence-electron chi connectivity index (χ3n) is 3.70. The van der Waals surface area contributed by atoms with Crippen LogP contribution in [0.4, 0.5) is 11.5 Å². The molecule has 6 heteroatoms. The highest BCUT2D eigenvalue weighted by Crippen LogP contribution is 2.24. The second kappa shape index (κ2) is 5.20. The molecule has 21 heavy (non-hydrogen) atoms. The van der Waals surface area contributed by atoms with Crippen LogP contribution in [0.5, 0.6) is 0 Å². The van der Waals surface area contributed by atoms with Crippen molar-refractivity contribution in [2.45, 2.75) is 26.3 Å². The first-order valence-electron chi connectivity index (χ1n) is 7.06. The van der Waals surface area contributed by atoms with Crippen LogP contribution in [-0.2, 0) is 11.8 Å². The Balaban J connectivity index is 1.76. The zero-order chi connectivity index (χ0) is 15.0. The summed E-state index contributed by atoms with van der Waals surface area (Å²) in [4.78, 5) is 18.5. The van der Waals surface area contributed by atoms with Gasteiger partial charge in [0.15, 0.2) is 0 Å². The molecule has 2 aromatic heterocycles. The fourth-order valence-electron chi connectivity index (χ4n) is 2.73. The summed E-state index contributed by atoms with van der Waals surface area (Å²) in [5, 5.41) is 7.60. The van der Waals surface area contributed by atoms with E-state index in [9.17, 15) is 4.79 Å². The molecule has 1 atom stereocenters. The molecular weight excluding hydrogens is 266 g/mol. The quantitative estimate of drug-likeness (QED) is 0.931. The van der Waals surface area contributed by atoms with Gasteiger partial charge in [-0.3, -0.25) is 19.4 Å². The van der Waals surface area contributed by atoms with Gasteiger partial charge in [0, 0.05) is 37.2 Å². The van der Waals surface area contributed by atoms with E-state index in [1.54, 1.807) is 15.8 Å². The highest BCUT2D eigenvalue weighted by Gasteiger charge is 2.34. The third kappa shape index (κ3) is 2.61. The average molecular weight is 285 g/mol. The Morgan fingerprint density at radius 3 is 2.76 bits per heavy atom. The first-order valence-corrected chi connectivity index (χ1v) is 7.06. The van der Waals surface area contributed by atoms with E-state index in [2.05, 4.69) is 15.4 Å². The number of amides is 1. The number of rotatable bonds is 3. The van der Waals surface area contributed by atoms with Gasteiger partial charge < -0.3 is 5.32 Å². The normalized spacial score (nSPS) is 18.3. The van der Waals surface area contributed by atoms with Gasteiger partial charge in [-0.25, -0.2) is 0 Å². The fraction of sp³-hybridized carbons (Fsp3) is 0.400. The molecule has 1 fully saturated rings. The van der Waals surface area contributed by atoms with Crippen molar-refractivity contribution in [2.24, 2.45) is 7.05 Å². The molecule has 1 saturated heterocycles. The Labute approximate surface area is 123 Å². The van der Waals surface area contributed by atoms with E-state index >= 15 is 0 Å². The van der Waals surface area contributed by atoms with Crippen LogP contribution in [0.2, 0.25) is 0 Å². The molecule has 0 aromatic carbocycles. The molecule has 1 N–H and O–H groups in total. The Bertz CT molecular complexity index is 678. The monoisotopic (exact) mass is 285 g/mol. The lowest BCUT2D eigenvalue weighted by molar-refractivity contribution is -0.117. The lowest BCUT2D eigenvalue weighted by Gasteiger charge is -2.17. The number of hydrogen-bond acceptors (Lipinski definition) is 4. The largest absolute Gasteiger partial charge is 0.374 e. The van der Waals surface area contributed by atoms with Crippen molar-refractivity contribution in [2.75, 3.05) is 16.8 Å². The minimum absolute atomic E-state index is 0.0902. The first kappa shape index (κ1) is 13.6. The standard InChI is InChI=1S/C15H19N5O/c1-10-8-12(4-6-16-10)17-13-5-7-20(15(13)21)14-9-11(2)18-19(14)3/h4,6,8-9,13H,5,7H2,1-3H3,(H,16,17). The van der Waals surface area contributed by atoms with Crippen molar-refractivity contribution in [1.29, 1.82) is 0 Å². The molecule has 1 aliphatic heterocycles. The Hall–Kier alpha value is -2.37. The van der Waals surface area contributed by atoms with E-state index in [1.807, 2.05) is 39.1 Å². The minimum Gasteiger partial charge on any atom is -0.374 e. The molecule has 1 aliphatic rings. The minimum atomic E-state index is -0.193. The van der Waals surface area contributed by atoms with Gasteiger partial charge in [0.2, 0.25) is 0 Å². The summed E-state index contributed by atoms with van der Waals surface area (Å²) in [6.45, 7) is 4.57. The maximum Gasteiger partial charge on any atom is 0.250 e. The summed E-state index contributed by atoms with van der Waals surface area (Å²) in [7, 11) is 1.86. The maximum atomic E-state index is 12.6. The van der Waals surface area contributed by atoms with Crippen LogP contribution in [-0.4, -0.2) is 33.3 Å². The van der Waals surface area contributed by atoms with E-state index in [4.69, 9.17) is 0 Å². The molecule has 3 rings (SSSR count). The van der Waals surface area contributed by atoms with Gasteiger partial charge in [-0.2, -0.15) is 5.10 Å². The lowest BCUT2D eigenvalue weighted by Crippen LogP contribution is -2.34. The Morgan fingerprint density at radius 2 is 2.10 bits per heavy atom. The summed E-state index contributed by atoms with van der Waals surface area (Å²) in [5.74, 6) is 0.945. The number of carbonyl (C=O) groups excluding carboxylic acids is 1. The molecule has 1 amide bonds. The van der Waals surface area contributed by atoms with Crippen LogP contribution < -0.4 is 10.2 Å². The number of aryl methyl sites for hydroxylation is 3. The number of carbonyl (C=O) groups is 1. The number of anilines is 2. The predicted molar refractivity (Wildman–Crippen MR) is 81.3 cm³/mol. The van der Waals surface area contributed by atoms with E-state index < -0.39 is 0 Å². The average Bonchev–Trinajstić information content (AvgIpc) is 2.93. The molecule has 2 aromatic rings. The number of aromatic nitrogens is 3. The summed E-state index contributed by atoms with van der Waals surface area (Å²) in [6.07, 6.45) is 2.53. The second-order valence-electron chi connectivity index (χ2n) is 5.43. The van der Waals surface area contributed by atoms with Gasteiger partial charge in [0.05, 0.1) is 5.69 Å². The molecule has 0 radical (unpaired) electrons. The van der Waals surface area contributed by atoms with Crippen LogP contribution in [0.3, 0.4) is 0 Å². The van der Waals surface area contributed by atoms with Crippen LogP contribution >= 0.6 is 0 Å². The zero-order valence-electron chi connectivity index (χ0n) is 12.5. The summed E-state index contributed by atoms with van der Waals surface area (Å²) >= 11 is 0. The fourth-order valence-corrected chi connectivity index (χ4v) is 2.73. The smallest absolute Gasteiger partial charge is 0.250 e. The highest BCUT2D eigenvalue weighted by atomic mass is 16.2. The van der Waals surface area contributed by atoms with E-state index in [0.29, 0.717) is 6.54 Å². The van der Waals surface area contributed by atoms with Crippen LogP contribution in [0.1, 0.15) is 17.8 Å².